The molecule has 22 heavy (non-hydrogen) atoms. The van der Waals surface area contributed by atoms with Crippen molar-refractivity contribution in [2.45, 2.75) is 26.3 Å². The van der Waals surface area contributed by atoms with Crippen LogP contribution in [0.3, 0.4) is 0 Å². The summed E-state index contributed by atoms with van der Waals surface area (Å²) in [6.07, 6.45) is 0.206. The second-order valence-electron chi connectivity index (χ2n) is 5.23. The number of hydrogen-bond acceptors (Lipinski definition) is 4. The predicted molar refractivity (Wildman–Crippen MR) is 79.7 cm³/mol. The number of nitrogens with zero attached hydrogens (tertiary/aromatic N) is 1. The first-order valence-electron chi connectivity index (χ1n) is 6.81. The highest BCUT2D eigenvalue weighted by atomic mass is 16.5. The zero-order valence-corrected chi connectivity index (χ0v) is 13.1. The summed E-state index contributed by atoms with van der Waals surface area (Å²) in [7, 11) is 2.91. The van der Waals surface area contributed by atoms with Crippen molar-refractivity contribution < 1.29 is 24.2 Å². The first-order chi connectivity index (χ1) is 10.3. The number of carboxylic acids is 1. The van der Waals surface area contributed by atoms with E-state index in [1.54, 1.807) is 0 Å². The molecule has 1 radical (unpaired) electrons. The largest absolute Gasteiger partial charge is 0.493 e. The lowest BCUT2D eigenvalue weighted by molar-refractivity contribution is -0.143. The molecule has 2 N–H and O–H groups in total. The molecule has 0 aromatic heterocycles. The van der Waals surface area contributed by atoms with Gasteiger partial charge in [-0.3, -0.25) is 4.79 Å². The minimum atomic E-state index is -1.20. The lowest BCUT2D eigenvalue weighted by Crippen LogP contribution is -2.44. The van der Waals surface area contributed by atoms with Crippen molar-refractivity contribution in [2.24, 2.45) is 5.92 Å². The molecule has 1 aromatic carbocycles. The van der Waals surface area contributed by atoms with Crippen LogP contribution in [0.1, 0.15) is 30.6 Å². The quantitative estimate of drug-likeness (QED) is 0.775. The molecule has 1 aromatic rings. The van der Waals surface area contributed by atoms with Gasteiger partial charge < -0.3 is 14.6 Å². The summed E-state index contributed by atoms with van der Waals surface area (Å²) in [5.41, 5.74) is 0.169. The van der Waals surface area contributed by atoms with Gasteiger partial charge in [-0.15, -0.1) is 5.84 Å². The molecule has 121 valence electrons. The Labute approximate surface area is 129 Å². The van der Waals surface area contributed by atoms with Crippen LogP contribution in [0.15, 0.2) is 18.2 Å². The molecule has 0 saturated heterocycles. The summed E-state index contributed by atoms with van der Waals surface area (Å²) in [6, 6.07) is 3.25. The van der Waals surface area contributed by atoms with Gasteiger partial charge in [-0.05, 0) is 30.5 Å². The minimum absolute atomic E-state index is 0.0483. The monoisotopic (exact) mass is 309 g/mol. The van der Waals surface area contributed by atoms with Gasteiger partial charge in [0.1, 0.15) is 6.04 Å². The van der Waals surface area contributed by atoms with E-state index in [-0.39, 0.29) is 17.9 Å². The Morgan fingerprint density at radius 3 is 2.27 bits per heavy atom. The molecule has 0 spiro atoms. The van der Waals surface area contributed by atoms with E-state index in [4.69, 9.17) is 15.3 Å². The van der Waals surface area contributed by atoms with Gasteiger partial charge in [-0.2, -0.15) is 0 Å². The number of benzene rings is 1. The number of hydrogen-bond donors (Lipinski definition) is 1. The molecule has 0 heterocycles. The Bertz CT molecular complexity index is 545. The van der Waals surface area contributed by atoms with Crippen molar-refractivity contribution in [1.29, 1.82) is 0 Å². The van der Waals surface area contributed by atoms with Gasteiger partial charge in [0, 0.05) is 5.56 Å². The Balaban J connectivity index is 3.05. The standard InChI is InChI=1S/C15H21N2O5/c1-9(2)7-11(15(19)20)17(16)14(18)10-5-6-12(21-3)13(8-10)22-4/h5-6,8-9,11,16H,7H2,1-4H3,(H,19,20)/t11-/m0/s1. The van der Waals surface area contributed by atoms with Crippen LogP contribution in [0.25, 0.3) is 0 Å². The number of carbonyl (C=O) groups excluding carboxylic acids is 1. The maximum Gasteiger partial charge on any atom is 0.328 e. The van der Waals surface area contributed by atoms with Gasteiger partial charge in [0.15, 0.2) is 11.5 Å². The first kappa shape index (κ1) is 17.8. The molecule has 0 bridgehead atoms. The molecule has 0 aliphatic heterocycles. The highest BCUT2D eigenvalue weighted by Gasteiger charge is 2.29. The normalized spacial score (nSPS) is 11.9. The van der Waals surface area contributed by atoms with Gasteiger partial charge in [0.25, 0.3) is 5.91 Å². The third-order valence-corrected chi connectivity index (χ3v) is 3.14. The van der Waals surface area contributed by atoms with Crippen molar-refractivity contribution in [2.75, 3.05) is 14.2 Å². The van der Waals surface area contributed by atoms with Crippen molar-refractivity contribution in [3.63, 3.8) is 0 Å². The summed E-state index contributed by atoms with van der Waals surface area (Å²) in [5.74, 6) is 6.80. The van der Waals surface area contributed by atoms with E-state index >= 15 is 0 Å². The Morgan fingerprint density at radius 1 is 1.23 bits per heavy atom. The lowest BCUT2D eigenvalue weighted by Gasteiger charge is -2.24. The van der Waals surface area contributed by atoms with Crippen LogP contribution in [-0.2, 0) is 4.79 Å². The fraction of sp³-hybridized carbons (Fsp3) is 0.467. The van der Waals surface area contributed by atoms with Crippen molar-refractivity contribution in [3.8, 4) is 11.5 Å². The SMILES string of the molecule is COc1ccc(C(=O)N([NH])[C@@H](CC(C)C)C(=O)O)cc1OC. The van der Waals surface area contributed by atoms with Crippen LogP contribution in [0, 0.1) is 5.92 Å². The molecular weight excluding hydrogens is 288 g/mol. The van der Waals surface area contributed by atoms with E-state index < -0.39 is 17.9 Å². The summed E-state index contributed by atoms with van der Waals surface area (Å²) < 4.78 is 10.2. The average molecular weight is 309 g/mol. The predicted octanol–water partition coefficient (Wildman–Crippen LogP) is 1.84. The fourth-order valence-corrected chi connectivity index (χ4v) is 2.01. The maximum absolute atomic E-state index is 12.3. The van der Waals surface area contributed by atoms with Gasteiger partial charge in [-0.25, -0.2) is 9.80 Å². The number of nitrogens with one attached hydrogen (secondary N) is 1. The Hall–Kier alpha value is -2.28. The molecule has 1 amide bonds. The van der Waals surface area contributed by atoms with E-state index in [2.05, 4.69) is 0 Å². The summed E-state index contributed by atoms with van der Waals surface area (Å²) in [6.45, 7) is 3.68. The van der Waals surface area contributed by atoms with E-state index in [0.717, 1.165) is 0 Å². The molecule has 0 aliphatic rings. The van der Waals surface area contributed by atoms with Crippen LogP contribution < -0.4 is 15.3 Å². The average Bonchev–Trinajstić information content (AvgIpc) is 2.49. The molecular formula is C15H21N2O5. The van der Waals surface area contributed by atoms with E-state index in [9.17, 15) is 14.7 Å². The number of amides is 1. The van der Waals surface area contributed by atoms with Crippen LogP contribution in [0.5, 0.6) is 11.5 Å². The van der Waals surface area contributed by atoms with Crippen molar-refractivity contribution >= 4 is 11.9 Å². The Kier molecular flexibility index (Phi) is 6.18. The number of aliphatic carboxylic acids is 1. The first-order valence-corrected chi connectivity index (χ1v) is 6.81. The van der Waals surface area contributed by atoms with E-state index in [1.165, 1.54) is 32.4 Å². The fourth-order valence-electron chi connectivity index (χ4n) is 2.01. The summed E-state index contributed by atoms with van der Waals surface area (Å²) in [4.78, 5) is 23.6. The van der Waals surface area contributed by atoms with Gasteiger partial charge >= 0.3 is 5.97 Å². The lowest BCUT2D eigenvalue weighted by atomic mass is 10.0. The van der Waals surface area contributed by atoms with E-state index in [1.807, 2.05) is 13.8 Å². The second-order valence-corrected chi connectivity index (χ2v) is 5.23. The number of carbonyl (C=O) groups is 2. The number of methoxy groups -OCH3 is 2. The van der Waals surface area contributed by atoms with Crippen molar-refractivity contribution in [3.05, 3.63) is 23.8 Å². The molecule has 7 nitrogen and oxygen atoms in total. The zero-order chi connectivity index (χ0) is 16.9. The summed E-state index contributed by atoms with van der Waals surface area (Å²) >= 11 is 0. The van der Waals surface area contributed by atoms with Crippen LogP contribution in [0.2, 0.25) is 0 Å². The van der Waals surface area contributed by atoms with Gasteiger partial charge in [0.05, 0.1) is 14.2 Å². The topological polar surface area (TPSA) is 99.9 Å². The van der Waals surface area contributed by atoms with Crippen LogP contribution in [0.4, 0.5) is 0 Å². The maximum atomic E-state index is 12.3. The second kappa shape index (κ2) is 7.65. The Morgan fingerprint density at radius 2 is 1.82 bits per heavy atom. The summed E-state index contributed by atoms with van der Waals surface area (Å²) in [5, 5.41) is 9.72. The zero-order valence-electron chi connectivity index (χ0n) is 13.1. The molecule has 7 heteroatoms. The highest BCUT2D eigenvalue weighted by Crippen LogP contribution is 2.28. The third kappa shape index (κ3) is 4.11. The molecule has 0 saturated carbocycles. The number of ether oxygens (including phenoxy) is 2. The molecule has 1 atom stereocenters. The van der Waals surface area contributed by atoms with Gasteiger partial charge in [-0.1, -0.05) is 13.8 Å². The van der Waals surface area contributed by atoms with Gasteiger partial charge in [0.2, 0.25) is 0 Å². The van der Waals surface area contributed by atoms with Crippen LogP contribution in [-0.4, -0.2) is 42.3 Å². The number of carboxylic acid groups (broad SMARTS) is 1. The van der Waals surface area contributed by atoms with Crippen molar-refractivity contribution in [1.82, 2.24) is 10.9 Å². The molecule has 1 rings (SSSR count). The third-order valence-electron chi connectivity index (χ3n) is 3.14. The highest BCUT2D eigenvalue weighted by molar-refractivity contribution is 5.96. The molecule has 0 fully saturated rings. The smallest absolute Gasteiger partial charge is 0.328 e. The molecule has 0 aliphatic carbocycles. The number of rotatable bonds is 7. The van der Waals surface area contributed by atoms with E-state index in [0.29, 0.717) is 16.5 Å². The molecule has 0 unspecified atom stereocenters. The minimum Gasteiger partial charge on any atom is -0.493 e. The van der Waals surface area contributed by atoms with Crippen LogP contribution >= 0.6 is 0 Å².